The maximum atomic E-state index is 9.39. The first-order valence-corrected chi connectivity index (χ1v) is 9.36. The first-order valence-electron chi connectivity index (χ1n) is 9.36. The number of rotatable bonds is 9. The highest BCUT2D eigenvalue weighted by Gasteiger charge is 2.15. The maximum Gasteiger partial charge on any atom is 0.118 e. The molecule has 0 atom stereocenters. The van der Waals surface area contributed by atoms with Crippen LogP contribution in [0.5, 0.6) is 5.75 Å². The van der Waals surface area contributed by atoms with Gasteiger partial charge in [0.15, 0.2) is 0 Å². The number of aliphatic hydroxyl groups is 1. The summed E-state index contributed by atoms with van der Waals surface area (Å²) in [4.78, 5) is 2.26. The van der Waals surface area contributed by atoms with E-state index in [4.69, 9.17) is 9.84 Å². The van der Waals surface area contributed by atoms with Crippen LogP contribution in [0.2, 0.25) is 0 Å². The highest BCUT2D eigenvalue weighted by molar-refractivity contribution is 5.64. The van der Waals surface area contributed by atoms with Crippen molar-refractivity contribution < 1.29 is 9.84 Å². The molecule has 3 rings (SSSR count). The number of aliphatic hydroxyl groups excluding tert-OH is 1. The second-order valence-corrected chi connectivity index (χ2v) is 6.51. The van der Waals surface area contributed by atoms with E-state index in [2.05, 4.69) is 18.0 Å². The molecule has 0 aliphatic heterocycles. The normalized spacial score (nSPS) is 11.1. The fraction of sp³-hybridized carbons (Fsp3) is 0.318. The zero-order valence-electron chi connectivity index (χ0n) is 16.0. The molecule has 0 aliphatic carbocycles. The van der Waals surface area contributed by atoms with Crippen LogP contribution in [0.4, 0.5) is 0 Å². The molecule has 0 radical (unpaired) electrons. The topological polar surface area (TPSA) is 50.5 Å². The van der Waals surface area contributed by atoms with Gasteiger partial charge in [0, 0.05) is 30.4 Å². The van der Waals surface area contributed by atoms with E-state index in [0.29, 0.717) is 6.54 Å². The molecule has 1 N–H and O–H groups in total. The molecule has 142 valence electrons. The standard InChI is InChI=1S/C22H27N3O2/c1-3-13-24(14-15-26)16-19-17-25(20-7-5-4-6-8-20)23-22(19)18-9-11-21(27-2)12-10-18/h4-12,17,26H,3,13-16H2,1-2H3. The van der Waals surface area contributed by atoms with Gasteiger partial charge in [-0.3, -0.25) is 4.90 Å². The second-order valence-electron chi connectivity index (χ2n) is 6.51. The zero-order chi connectivity index (χ0) is 19.1. The Hall–Kier alpha value is -2.63. The maximum absolute atomic E-state index is 9.39. The minimum atomic E-state index is 0.157. The van der Waals surface area contributed by atoms with E-state index in [1.54, 1.807) is 7.11 Å². The third-order valence-corrected chi connectivity index (χ3v) is 4.52. The van der Waals surface area contributed by atoms with E-state index in [1.807, 2.05) is 59.3 Å². The van der Waals surface area contributed by atoms with Crippen molar-refractivity contribution in [1.29, 1.82) is 0 Å². The summed E-state index contributed by atoms with van der Waals surface area (Å²) in [5, 5.41) is 14.3. The molecule has 2 aromatic carbocycles. The highest BCUT2D eigenvalue weighted by atomic mass is 16.5. The molecule has 0 fully saturated rings. The Balaban J connectivity index is 1.99. The van der Waals surface area contributed by atoms with Crippen LogP contribution in [-0.2, 0) is 6.54 Å². The molecule has 5 nitrogen and oxygen atoms in total. The molecule has 0 unspecified atom stereocenters. The van der Waals surface area contributed by atoms with Crippen LogP contribution in [0, 0.1) is 0 Å². The Morgan fingerprint density at radius 2 is 1.78 bits per heavy atom. The SMILES string of the molecule is CCCN(CCO)Cc1cn(-c2ccccc2)nc1-c1ccc(OC)cc1. The summed E-state index contributed by atoms with van der Waals surface area (Å²) in [6.07, 6.45) is 3.14. The van der Waals surface area contributed by atoms with Crippen LogP contribution in [0.1, 0.15) is 18.9 Å². The average Bonchev–Trinajstić information content (AvgIpc) is 3.13. The summed E-state index contributed by atoms with van der Waals surface area (Å²) in [5.74, 6) is 0.829. The number of ether oxygens (including phenoxy) is 1. The van der Waals surface area contributed by atoms with Gasteiger partial charge in [0.05, 0.1) is 25.1 Å². The Kier molecular flexibility index (Phi) is 6.63. The Morgan fingerprint density at radius 3 is 2.41 bits per heavy atom. The van der Waals surface area contributed by atoms with Crippen LogP contribution in [0.25, 0.3) is 16.9 Å². The number of para-hydroxylation sites is 1. The summed E-state index contributed by atoms with van der Waals surface area (Å²) in [6, 6.07) is 18.1. The molecule has 3 aromatic rings. The summed E-state index contributed by atoms with van der Waals surface area (Å²) >= 11 is 0. The van der Waals surface area contributed by atoms with Crippen molar-refractivity contribution in [2.45, 2.75) is 19.9 Å². The van der Waals surface area contributed by atoms with E-state index in [9.17, 15) is 5.11 Å². The van der Waals surface area contributed by atoms with Gasteiger partial charge in [-0.25, -0.2) is 4.68 Å². The molecule has 0 spiro atoms. The summed E-state index contributed by atoms with van der Waals surface area (Å²) < 4.78 is 7.21. The third-order valence-electron chi connectivity index (χ3n) is 4.52. The summed E-state index contributed by atoms with van der Waals surface area (Å²) in [6.45, 7) is 4.67. The molecule has 0 saturated carbocycles. The number of benzene rings is 2. The number of nitrogens with zero attached hydrogens (tertiary/aromatic N) is 3. The molecule has 0 aliphatic rings. The number of hydrogen-bond donors (Lipinski definition) is 1. The lowest BCUT2D eigenvalue weighted by Gasteiger charge is -2.20. The van der Waals surface area contributed by atoms with Gasteiger partial charge in [0.2, 0.25) is 0 Å². The summed E-state index contributed by atoms with van der Waals surface area (Å²) in [5.41, 5.74) is 4.19. The van der Waals surface area contributed by atoms with Gasteiger partial charge >= 0.3 is 0 Å². The minimum absolute atomic E-state index is 0.157. The lowest BCUT2D eigenvalue weighted by molar-refractivity contribution is 0.190. The third kappa shape index (κ3) is 4.76. The van der Waals surface area contributed by atoms with E-state index < -0.39 is 0 Å². The van der Waals surface area contributed by atoms with Crippen molar-refractivity contribution in [3.8, 4) is 22.7 Å². The van der Waals surface area contributed by atoms with Crippen LogP contribution in [0.15, 0.2) is 60.8 Å². The fourth-order valence-corrected chi connectivity index (χ4v) is 3.20. The molecule has 1 heterocycles. The molecular weight excluding hydrogens is 338 g/mol. The van der Waals surface area contributed by atoms with Crippen LogP contribution in [0.3, 0.4) is 0 Å². The number of hydrogen-bond acceptors (Lipinski definition) is 4. The Morgan fingerprint density at radius 1 is 1.04 bits per heavy atom. The van der Waals surface area contributed by atoms with E-state index in [1.165, 1.54) is 0 Å². The van der Waals surface area contributed by atoms with Crippen molar-refractivity contribution in [3.63, 3.8) is 0 Å². The van der Waals surface area contributed by atoms with Gasteiger partial charge in [-0.05, 0) is 49.4 Å². The van der Waals surface area contributed by atoms with Gasteiger partial charge in [-0.15, -0.1) is 0 Å². The lowest BCUT2D eigenvalue weighted by Crippen LogP contribution is -2.27. The van der Waals surface area contributed by atoms with Crippen molar-refractivity contribution >= 4 is 0 Å². The monoisotopic (exact) mass is 365 g/mol. The highest BCUT2D eigenvalue weighted by Crippen LogP contribution is 2.27. The predicted octanol–water partition coefficient (Wildman–Crippen LogP) is 3.75. The number of methoxy groups -OCH3 is 1. The van der Waals surface area contributed by atoms with Gasteiger partial charge < -0.3 is 9.84 Å². The van der Waals surface area contributed by atoms with Crippen LogP contribution >= 0.6 is 0 Å². The van der Waals surface area contributed by atoms with Crippen LogP contribution in [-0.4, -0.2) is 46.6 Å². The van der Waals surface area contributed by atoms with Crippen LogP contribution < -0.4 is 4.74 Å². The van der Waals surface area contributed by atoms with Gasteiger partial charge in [0.25, 0.3) is 0 Å². The van der Waals surface area contributed by atoms with E-state index in [-0.39, 0.29) is 6.61 Å². The summed E-state index contributed by atoms with van der Waals surface area (Å²) in [7, 11) is 1.67. The molecule has 27 heavy (non-hydrogen) atoms. The first kappa shape index (κ1) is 19.1. The Labute approximate surface area is 160 Å². The molecular formula is C22H27N3O2. The first-order chi connectivity index (χ1) is 13.2. The van der Waals surface area contributed by atoms with Gasteiger partial charge in [-0.2, -0.15) is 5.10 Å². The minimum Gasteiger partial charge on any atom is -0.497 e. The average molecular weight is 365 g/mol. The zero-order valence-corrected chi connectivity index (χ0v) is 16.0. The van der Waals surface area contributed by atoms with Crippen molar-refractivity contribution in [1.82, 2.24) is 14.7 Å². The molecule has 0 saturated heterocycles. The van der Waals surface area contributed by atoms with Crippen molar-refractivity contribution in [2.24, 2.45) is 0 Å². The fourth-order valence-electron chi connectivity index (χ4n) is 3.20. The van der Waals surface area contributed by atoms with E-state index >= 15 is 0 Å². The van der Waals surface area contributed by atoms with E-state index in [0.717, 1.165) is 47.8 Å². The quantitative estimate of drug-likeness (QED) is 0.627. The molecule has 0 bridgehead atoms. The number of aromatic nitrogens is 2. The van der Waals surface area contributed by atoms with Crippen molar-refractivity contribution in [3.05, 3.63) is 66.4 Å². The molecule has 1 aromatic heterocycles. The Bertz CT molecular complexity index is 823. The largest absolute Gasteiger partial charge is 0.497 e. The van der Waals surface area contributed by atoms with Gasteiger partial charge in [-0.1, -0.05) is 25.1 Å². The second kappa shape index (κ2) is 9.35. The smallest absolute Gasteiger partial charge is 0.118 e. The van der Waals surface area contributed by atoms with Gasteiger partial charge in [0.1, 0.15) is 5.75 Å². The molecule has 5 heteroatoms. The van der Waals surface area contributed by atoms with Crippen molar-refractivity contribution in [2.75, 3.05) is 26.8 Å². The molecule has 0 amide bonds. The lowest BCUT2D eigenvalue weighted by atomic mass is 10.1. The predicted molar refractivity (Wildman–Crippen MR) is 108 cm³/mol.